The Hall–Kier alpha value is -2.78. The van der Waals surface area contributed by atoms with Crippen LogP contribution >= 0.6 is 15.9 Å². The Morgan fingerprint density at radius 1 is 1.35 bits per heavy atom. The number of ether oxygens (including phenoxy) is 1. The van der Waals surface area contributed by atoms with Crippen LogP contribution in [0.2, 0.25) is 0 Å². The summed E-state index contributed by atoms with van der Waals surface area (Å²) in [6, 6.07) is 13.4. The molecule has 2 N–H and O–H groups in total. The third kappa shape index (κ3) is 4.11. The molecule has 0 atom stereocenters. The molecule has 2 aromatic carbocycles. The highest BCUT2D eigenvalue weighted by Crippen LogP contribution is 2.27. The lowest BCUT2D eigenvalue weighted by molar-refractivity contribution is -0.112. The minimum Gasteiger partial charge on any atom is -0.506 e. The van der Waals surface area contributed by atoms with Crippen molar-refractivity contribution in [2.45, 2.75) is 0 Å². The molecule has 0 bridgehead atoms. The number of aromatic hydroxyl groups is 1. The highest BCUT2D eigenvalue weighted by atomic mass is 79.9. The van der Waals surface area contributed by atoms with Crippen molar-refractivity contribution < 1.29 is 14.6 Å². The number of hydrogen-bond donors (Lipinski definition) is 2. The van der Waals surface area contributed by atoms with Gasteiger partial charge in [-0.3, -0.25) is 4.79 Å². The van der Waals surface area contributed by atoms with Gasteiger partial charge in [-0.05, 0) is 51.8 Å². The van der Waals surface area contributed by atoms with Crippen molar-refractivity contribution in [1.82, 2.24) is 0 Å². The van der Waals surface area contributed by atoms with Crippen LogP contribution in [0.5, 0.6) is 11.5 Å². The molecule has 2 aromatic rings. The molecular formula is C17H13BrN2O3. The van der Waals surface area contributed by atoms with Crippen LogP contribution in [-0.2, 0) is 4.79 Å². The number of anilines is 1. The molecule has 23 heavy (non-hydrogen) atoms. The summed E-state index contributed by atoms with van der Waals surface area (Å²) >= 11 is 3.35. The topological polar surface area (TPSA) is 82.3 Å². The number of nitrogens with zero attached hydrogens (tertiary/aromatic N) is 1. The van der Waals surface area contributed by atoms with Crippen LogP contribution in [0, 0.1) is 11.3 Å². The van der Waals surface area contributed by atoms with Gasteiger partial charge in [-0.25, -0.2) is 0 Å². The molecule has 5 nitrogen and oxygen atoms in total. The number of carbonyl (C=O) groups excluding carboxylic acids is 1. The number of hydrogen-bond acceptors (Lipinski definition) is 4. The Labute approximate surface area is 142 Å². The number of amides is 1. The third-order valence-electron chi connectivity index (χ3n) is 3.00. The van der Waals surface area contributed by atoms with E-state index < -0.39 is 5.91 Å². The normalized spacial score (nSPS) is 10.7. The van der Waals surface area contributed by atoms with E-state index in [0.29, 0.717) is 15.8 Å². The van der Waals surface area contributed by atoms with Crippen molar-refractivity contribution >= 4 is 33.6 Å². The average molecular weight is 373 g/mol. The zero-order valence-electron chi connectivity index (χ0n) is 12.2. The number of benzene rings is 2. The van der Waals surface area contributed by atoms with E-state index in [9.17, 15) is 15.2 Å². The fraction of sp³-hybridized carbons (Fsp3) is 0.0588. The fourth-order valence-corrected chi connectivity index (χ4v) is 2.42. The lowest BCUT2D eigenvalue weighted by atomic mass is 10.1. The Morgan fingerprint density at radius 2 is 2.09 bits per heavy atom. The van der Waals surface area contributed by atoms with Crippen LogP contribution in [-0.4, -0.2) is 18.1 Å². The third-order valence-corrected chi connectivity index (χ3v) is 3.62. The van der Waals surface area contributed by atoms with Crippen LogP contribution in [0.1, 0.15) is 5.56 Å². The Balaban J connectivity index is 2.25. The van der Waals surface area contributed by atoms with Gasteiger partial charge in [0.1, 0.15) is 23.1 Å². The maximum Gasteiger partial charge on any atom is 0.266 e. The van der Waals surface area contributed by atoms with Gasteiger partial charge in [0.15, 0.2) is 0 Å². The summed E-state index contributed by atoms with van der Waals surface area (Å²) in [6.07, 6.45) is 1.46. The number of carbonyl (C=O) groups is 1. The predicted octanol–water partition coefficient (Wildman–Crippen LogP) is 3.71. The van der Waals surface area contributed by atoms with Gasteiger partial charge in [0.2, 0.25) is 0 Å². The summed E-state index contributed by atoms with van der Waals surface area (Å²) in [6.45, 7) is 0. The van der Waals surface area contributed by atoms with E-state index in [1.165, 1.54) is 12.1 Å². The van der Waals surface area contributed by atoms with Crippen molar-refractivity contribution in [2.24, 2.45) is 0 Å². The van der Waals surface area contributed by atoms with Crippen LogP contribution < -0.4 is 10.1 Å². The van der Waals surface area contributed by atoms with Gasteiger partial charge in [-0.1, -0.05) is 18.2 Å². The van der Waals surface area contributed by atoms with Crippen LogP contribution in [0.4, 0.5) is 5.69 Å². The monoisotopic (exact) mass is 372 g/mol. The molecule has 2 rings (SSSR count). The summed E-state index contributed by atoms with van der Waals surface area (Å²) in [7, 11) is 1.55. The van der Waals surface area contributed by atoms with Crippen molar-refractivity contribution in [3.05, 3.63) is 58.1 Å². The van der Waals surface area contributed by atoms with Gasteiger partial charge in [-0.2, -0.15) is 5.26 Å². The Kier molecular flexibility index (Phi) is 5.39. The second-order valence-electron chi connectivity index (χ2n) is 4.54. The van der Waals surface area contributed by atoms with Gasteiger partial charge in [0, 0.05) is 0 Å². The van der Waals surface area contributed by atoms with Crippen molar-refractivity contribution in [2.75, 3.05) is 12.4 Å². The maximum absolute atomic E-state index is 12.2. The molecule has 0 aliphatic heterocycles. The number of nitriles is 1. The first kappa shape index (κ1) is 16.6. The van der Waals surface area contributed by atoms with Crippen LogP contribution in [0.3, 0.4) is 0 Å². The quantitative estimate of drug-likeness (QED) is 0.486. The molecule has 0 saturated heterocycles. The minimum absolute atomic E-state index is 0.0645. The number of methoxy groups -OCH3 is 1. The second kappa shape index (κ2) is 7.47. The molecular weight excluding hydrogens is 360 g/mol. The van der Waals surface area contributed by atoms with Gasteiger partial charge in [0.25, 0.3) is 5.91 Å². The van der Waals surface area contributed by atoms with E-state index in [1.54, 1.807) is 43.5 Å². The molecule has 116 valence electrons. The largest absolute Gasteiger partial charge is 0.506 e. The zero-order chi connectivity index (χ0) is 16.8. The lowest BCUT2D eigenvalue weighted by Gasteiger charge is -2.07. The van der Waals surface area contributed by atoms with E-state index >= 15 is 0 Å². The van der Waals surface area contributed by atoms with Crippen molar-refractivity contribution in [3.63, 3.8) is 0 Å². The maximum atomic E-state index is 12.2. The first-order chi connectivity index (χ1) is 11.0. The van der Waals surface area contributed by atoms with Crippen LogP contribution in [0.25, 0.3) is 6.08 Å². The van der Waals surface area contributed by atoms with Gasteiger partial charge < -0.3 is 15.2 Å². The average Bonchev–Trinajstić information content (AvgIpc) is 2.54. The van der Waals surface area contributed by atoms with E-state index in [0.717, 1.165) is 0 Å². The molecule has 0 aliphatic carbocycles. The molecule has 0 unspecified atom stereocenters. The summed E-state index contributed by atoms with van der Waals surface area (Å²) in [5.74, 6) is -0.00871. The summed E-state index contributed by atoms with van der Waals surface area (Å²) in [5.41, 5.74) is 0.835. The molecule has 0 heterocycles. The second-order valence-corrected chi connectivity index (χ2v) is 5.39. The fourth-order valence-electron chi connectivity index (χ4n) is 1.86. The van der Waals surface area contributed by atoms with Crippen LogP contribution in [0.15, 0.2) is 52.5 Å². The number of phenols is 1. The lowest BCUT2D eigenvalue weighted by Crippen LogP contribution is -2.13. The van der Waals surface area contributed by atoms with Crippen molar-refractivity contribution in [1.29, 1.82) is 5.26 Å². The number of phenolic OH excluding ortho intramolecular Hbond substituents is 1. The smallest absolute Gasteiger partial charge is 0.266 e. The van der Waals surface area contributed by atoms with Gasteiger partial charge in [0.05, 0.1) is 17.3 Å². The summed E-state index contributed by atoms with van der Waals surface area (Å²) in [4.78, 5) is 12.2. The van der Waals surface area contributed by atoms with E-state index in [-0.39, 0.29) is 17.0 Å². The number of nitrogens with one attached hydrogen (secondary N) is 1. The van der Waals surface area contributed by atoms with Crippen molar-refractivity contribution in [3.8, 4) is 17.6 Å². The summed E-state index contributed by atoms with van der Waals surface area (Å²) in [5, 5.41) is 21.4. The minimum atomic E-state index is -0.596. The molecule has 1 amide bonds. The zero-order valence-corrected chi connectivity index (χ0v) is 13.8. The number of rotatable bonds is 4. The highest BCUT2D eigenvalue weighted by molar-refractivity contribution is 9.10. The highest BCUT2D eigenvalue weighted by Gasteiger charge is 2.12. The van der Waals surface area contributed by atoms with E-state index in [2.05, 4.69) is 21.2 Å². The van der Waals surface area contributed by atoms with E-state index in [4.69, 9.17) is 4.74 Å². The van der Waals surface area contributed by atoms with Gasteiger partial charge >= 0.3 is 0 Å². The number of halogens is 1. The standard InChI is InChI=1S/C17H13BrN2O3/c1-23-16-7-6-11(9-13(16)18)8-12(10-19)17(22)20-14-4-2-3-5-15(14)21/h2-9,21H,1H3,(H,20,22)/b12-8+. The molecule has 0 aromatic heterocycles. The van der Waals surface area contributed by atoms with E-state index in [1.807, 2.05) is 6.07 Å². The van der Waals surface area contributed by atoms with Gasteiger partial charge in [-0.15, -0.1) is 0 Å². The summed E-state index contributed by atoms with van der Waals surface area (Å²) < 4.78 is 5.85. The SMILES string of the molecule is COc1ccc(/C=C(\C#N)C(=O)Nc2ccccc2O)cc1Br. The molecule has 0 radical (unpaired) electrons. The Bertz CT molecular complexity index is 810. The molecule has 0 saturated carbocycles. The molecule has 0 aliphatic rings. The predicted molar refractivity (Wildman–Crippen MR) is 91.0 cm³/mol. The number of para-hydroxylation sites is 2. The Morgan fingerprint density at radius 3 is 2.70 bits per heavy atom. The first-order valence-electron chi connectivity index (χ1n) is 6.60. The first-order valence-corrected chi connectivity index (χ1v) is 7.39. The molecule has 0 fully saturated rings. The molecule has 6 heteroatoms. The molecule has 0 spiro atoms.